The fourth-order valence-electron chi connectivity index (χ4n) is 1.47. The zero-order valence-corrected chi connectivity index (χ0v) is 11.1. The molecular weight excluding hydrogens is 268 g/mol. The Morgan fingerprint density at radius 2 is 2.38 bits per heavy atom. The highest BCUT2D eigenvalue weighted by molar-refractivity contribution is 9.10. The summed E-state index contributed by atoms with van der Waals surface area (Å²) in [7, 11) is 0. The van der Waals surface area contributed by atoms with Crippen molar-refractivity contribution >= 4 is 15.9 Å². The lowest BCUT2D eigenvalue weighted by molar-refractivity contribution is 0.284. The van der Waals surface area contributed by atoms with E-state index < -0.39 is 0 Å². The van der Waals surface area contributed by atoms with Crippen molar-refractivity contribution in [3.63, 3.8) is 0 Å². The van der Waals surface area contributed by atoms with E-state index in [1.807, 2.05) is 0 Å². The van der Waals surface area contributed by atoms with Crippen molar-refractivity contribution in [2.45, 2.75) is 26.3 Å². The lowest BCUT2D eigenvalue weighted by atomic mass is 10.2. The molecule has 0 spiro atoms. The van der Waals surface area contributed by atoms with E-state index in [1.54, 1.807) is 6.20 Å². The summed E-state index contributed by atoms with van der Waals surface area (Å²) in [6, 6.07) is 2.07. The summed E-state index contributed by atoms with van der Waals surface area (Å²) in [5, 5.41) is 3.29. The molecule has 0 amide bonds. The minimum absolute atomic E-state index is 0.762. The Balaban J connectivity index is 2.00. The summed E-state index contributed by atoms with van der Waals surface area (Å²) < 4.78 is 6.74. The van der Waals surface area contributed by atoms with Crippen LogP contribution < -0.4 is 10.1 Å². The molecule has 1 N–H and O–H groups in total. The largest absolute Gasteiger partial charge is 0.477 e. The van der Waals surface area contributed by atoms with Gasteiger partial charge in [-0.05, 0) is 47.3 Å². The van der Waals surface area contributed by atoms with Gasteiger partial charge in [0.25, 0.3) is 0 Å². The van der Waals surface area contributed by atoms with Gasteiger partial charge in [-0.25, -0.2) is 4.98 Å². The van der Waals surface area contributed by atoms with Gasteiger partial charge in [-0.15, -0.1) is 0 Å². The summed E-state index contributed by atoms with van der Waals surface area (Å²) in [6.45, 7) is 4.67. The van der Waals surface area contributed by atoms with Crippen LogP contribution in [0.4, 0.5) is 0 Å². The van der Waals surface area contributed by atoms with Crippen molar-refractivity contribution in [1.82, 2.24) is 10.3 Å². The number of nitrogens with one attached hydrogen (secondary N) is 1. The van der Waals surface area contributed by atoms with Crippen LogP contribution in [0.15, 0.2) is 16.7 Å². The van der Waals surface area contributed by atoms with Gasteiger partial charge >= 0.3 is 0 Å². The van der Waals surface area contributed by atoms with Crippen molar-refractivity contribution < 1.29 is 4.74 Å². The highest BCUT2D eigenvalue weighted by Crippen LogP contribution is 2.30. The van der Waals surface area contributed by atoms with Crippen molar-refractivity contribution in [2.24, 2.45) is 5.92 Å². The SMILES string of the molecule is CCNCc1cc(Br)cnc1OCC1CC1. The average Bonchev–Trinajstić information content (AvgIpc) is 3.09. The molecule has 1 aliphatic rings. The van der Waals surface area contributed by atoms with Crippen LogP contribution in [0.2, 0.25) is 0 Å². The molecule has 1 fully saturated rings. The molecule has 16 heavy (non-hydrogen) atoms. The van der Waals surface area contributed by atoms with Gasteiger partial charge in [0.15, 0.2) is 0 Å². The number of hydrogen-bond acceptors (Lipinski definition) is 3. The number of nitrogens with zero attached hydrogens (tertiary/aromatic N) is 1. The molecule has 1 aromatic rings. The van der Waals surface area contributed by atoms with E-state index in [4.69, 9.17) is 4.74 Å². The summed E-state index contributed by atoms with van der Waals surface area (Å²) >= 11 is 3.43. The first-order chi connectivity index (χ1) is 7.79. The van der Waals surface area contributed by atoms with Crippen LogP contribution in [0.25, 0.3) is 0 Å². The Hall–Kier alpha value is -0.610. The lowest BCUT2D eigenvalue weighted by Gasteiger charge is -2.10. The molecule has 1 aliphatic carbocycles. The third-order valence-corrected chi connectivity index (χ3v) is 3.04. The van der Waals surface area contributed by atoms with E-state index in [2.05, 4.69) is 39.2 Å². The normalized spacial score (nSPS) is 15.1. The Morgan fingerprint density at radius 1 is 1.56 bits per heavy atom. The van der Waals surface area contributed by atoms with Crippen LogP contribution in [0.5, 0.6) is 5.88 Å². The molecule has 2 rings (SSSR count). The number of rotatable bonds is 6. The second kappa shape index (κ2) is 5.64. The number of pyridine rings is 1. The van der Waals surface area contributed by atoms with Gasteiger partial charge in [0.2, 0.25) is 5.88 Å². The number of aromatic nitrogens is 1. The predicted octanol–water partition coefficient (Wildman–Crippen LogP) is 2.74. The highest BCUT2D eigenvalue weighted by Gasteiger charge is 2.22. The van der Waals surface area contributed by atoms with Gasteiger partial charge in [0.05, 0.1) is 6.61 Å². The molecule has 0 unspecified atom stereocenters. The standard InChI is InChI=1S/C12H17BrN2O/c1-2-14-6-10-5-11(13)7-15-12(10)16-8-9-3-4-9/h5,7,9,14H,2-4,6,8H2,1H3. The van der Waals surface area contributed by atoms with Crippen molar-refractivity contribution in [3.8, 4) is 5.88 Å². The smallest absolute Gasteiger partial charge is 0.217 e. The molecular formula is C12H17BrN2O. The fraction of sp³-hybridized carbons (Fsp3) is 0.583. The van der Waals surface area contributed by atoms with Crippen LogP contribution in [-0.2, 0) is 6.54 Å². The van der Waals surface area contributed by atoms with E-state index in [0.717, 1.165) is 41.5 Å². The lowest BCUT2D eigenvalue weighted by Crippen LogP contribution is -2.14. The molecule has 3 nitrogen and oxygen atoms in total. The van der Waals surface area contributed by atoms with Crippen molar-refractivity contribution in [3.05, 3.63) is 22.3 Å². The van der Waals surface area contributed by atoms with E-state index in [9.17, 15) is 0 Å². The number of halogens is 1. The maximum Gasteiger partial charge on any atom is 0.217 e. The quantitative estimate of drug-likeness (QED) is 0.872. The molecule has 0 atom stereocenters. The van der Waals surface area contributed by atoms with Gasteiger partial charge in [0.1, 0.15) is 0 Å². The molecule has 0 bridgehead atoms. The molecule has 0 aliphatic heterocycles. The Bertz CT molecular complexity index is 353. The second-order valence-corrected chi connectivity index (χ2v) is 5.07. The molecule has 1 aromatic heterocycles. The summed E-state index contributed by atoms with van der Waals surface area (Å²) in [5.74, 6) is 1.54. The number of hydrogen-bond donors (Lipinski definition) is 1. The van der Waals surface area contributed by atoms with E-state index in [1.165, 1.54) is 12.8 Å². The molecule has 0 aromatic carbocycles. The van der Waals surface area contributed by atoms with Crippen LogP contribution in [0, 0.1) is 5.92 Å². The number of ether oxygens (including phenoxy) is 1. The van der Waals surface area contributed by atoms with Crippen LogP contribution in [0.1, 0.15) is 25.3 Å². The fourth-order valence-corrected chi connectivity index (χ4v) is 1.84. The molecule has 4 heteroatoms. The second-order valence-electron chi connectivity index (χ2n) is 4.15. The maximum atomic E-state index is 5.74. The Labute approximate surface area is 105 Å². The van der Waals surface area contributed by atoms with Crippen LogP contribution in [-0.4, -0.2) is 18.1 Å². The van der Waals surface area contributed by atoms with Crippen LogP contribution >= 0.6 is 15.9 Å². The van der Waals surface area contributed by atoms with E-state index >= 15 is 0 Å². The first kappa shape index (κ1) is 11.9. The molecule has 0 radical (unpaired) electrons. The zero-order chi connectivity index (χ0) is 11.4. The highest BCUT2D eigenvalue weighted by atomic mass is 79.9. The zero-order valence-electron chi connectivity index (χ0n) is 9.50. The summed E-state index contributed by atoms with van der Waals surface area (Å²) in [5.41, 5.74) is 1.12. The van der Waals surface area contributed by atoms with Gasteiger partial charge in [-0.1, -0.05) is 6.92 Å². The summed E-state index contributed by atoms with van der Waals surface area (Å²) in [4.78, 5) is 4.32. The Morgan fingerprint density at radius 3 is 3.06 bits per heavy atom. The van der Waals surface area contributed by atoms with Gasteiger partial charge in [-0.2, -0.15) is 0 Å². The Kier molecular flexibility index (Phi) is 4.18. The molecule has 1 heterocycles. The third kappa shape index (κ3) is 3.46. The maximum absolute atomic E-state index is 5.74. The van der Waals surface area contributed by atoms with Crippen molar-refractivity contribution in [1.29, 1.82) is 0 Å². The van der Waals surface area contributed by atoms with Gasteiger partial charge in [0, 0.05) is 22.8 Å². The van der Waals surface area contributed by atoms with E-state index in [-0.39, 0.29) is 0 Å². The summed E-state index contributed by atoms with van der Waals surface area (Å²) in [6.07, 6.45) is 4.40. The van der Waals surface area contributed by atoms with Crippen LogP contribution in [0.3, 0.4) is 0 Å². The topological polar surface area (TPSA) is 34.2 Å². The first-order valence-corrected chi connectivity index (χ1v) is 6.57. The minimum Gasteiger partial charge on any atom is -0.477 e. The minimum atomic E-state index is 0.762. The first-order valence-electron chi connectivity index (χ1n) is 5.77. The van der Waals surface area contributed by atoms with E-state index in [0.29, 0.717) is 0 Å². The molecule has 0 saturated heterocycles. The molecule has 88 valence electrons. The van der Waals surface area contributed by atoms with Gasteiger partial charge in [-0.3, -0.25) is 0 Å². The monoisotopic (exact) mass is 284 g/mol. The predicted molar refractivity (Wildman–Crippen MR) is 67.5 cm³/mol. The average molecular weight is 285 g/mol. The molecule has 1 saturated carbocycles. The third-order valence-electron chi connectivity index (χ3n) is 2.61. The van der Waals surface area contributed by atoms with Gasteiger partial charge < -0.3 is 10.1 Å². The van der Waals surface area contributed by atoms with Crippen molar-refractivity contribution in [2.75, 3.05) is 13.2 Å².